The first-order valence-corrected chi connectivity index (χ1v) is 10.6. The van der Waals surface area contributed by atoms with Crippen LogP contribution in [0.2, 0.25) is 0 Å². The SMILES string of the molecule is C[C@]12CCC(=O)C=C1CCC1C2=CC[C@@]2(C)C1[C@@H]1C[C@@H]1[C@@]21CCC(=O)O1. The highest BCUT2D eigenvalue weighted by atomic mass is 16.6. The molecule has 0 aromatic heterocycles. The minimum absolute atomic E-state index is 0.0268. The summed E-state index contributed by atoms with van der Waals surface area (Å²) in [5.41, 5.74) is 3.04. The van der Waals surface area contributed by atoms with E-state index in [-0.39, 0.29) is 22.4 Å². The summed E-state index contributed by atoms with van der Waals surface area (Å²) in [7, 11) is 0. The molecule has 26 heavy (non-hydrogen) atoms. The number of ether oxygens (including phenoxy) is 1. The zero-order chi connectivity index (χ0) is 17.9. The van der Waals surface area contributed by atoms with Crippen molar-refractivity contribution in [1.29, 1.82) is 0 Å². The lowest BCUT2D eigenvalue weighted by molar-refractivity contribution is -0.165. The lowest BCUT2D eigenvalue weighted by Gasteiger charge is -2.56. The number of rotatable bonds is 0. The largest absolute Gasteiger partial charge is 0.458 e. The molecule has 3 nitrogen and oxygen atoms in total. The second kappa shape index (κ2) is 4.54. The van der Waals surface area contributed by atoms with Crippen LogP contribution in [0.1, 0.15) is 65.2 Å². The maximum atomic E-state index is 12.1. The van der Waals surface area contributed by atoms with Gasteiger partial charge in [-0.15, -0.1) is 0 Å². The summed E-state index contributed by atoms with van der Waals surface area (Å²) in [5, 5.41) is 0. The minimum atomic E-state index is -0.180. The molecule has 0 amide bonds. The first kappa shape index (κ1) is 15.7. The number of hydrogen-bond donors (Lipinski definition) is 0. The molecule has 1 saturated heterocycles. The van der Waals surface area contributed by atoms with Crippen LogP contribution in [0.25, 0.3) is 0 Å². The molecular weight excluding hydrogens is 324 g/mol. The Morgan fingerprint density at radius 2 is 1.96 bits per heavy atom. The highest BCUT2D eigenvalue weighted by molar-refractivity contribution is 5.92. The number of carbonyl (C=O) groups excluding carboxylic acids is 2. The van der Waals surface area contributed by atoms with E-state index in [0.717, 1.165) is 31.6 Å². The molecule has 7 atom stereocenters. The molecular formula is C23H28O3. The second-order valence-corrected chi connectivity index (χ2v) is 10.3. The van der Waals surface area contributed by atoms with E-state index < -0.39 is 0 Å². The summed E-state index contributed by atoms with van der Waals surface area (Å²) in [4.78, 5) is 24.0. The fraction of sp³-hybridized carbons (Fsp3) is 0.739. The molecule has 2 unspecified atom stereocenters. The van der Waals surface area contributed by atoms with Crippen molar-refractivity contribution >= 4 is 11.8 Å². The van der Waals surface area contributed by atoms with Gasteiger partial charge in [0.2, 0.25) is 0 Å². The number of fused-ring (bicyclic) bond motifs is 9. The number of hydrogen-bond acceptors (Lipinski definition) is 3. The molecule has 3 heteroatoms. The average molecular weight is 352 g/mol. The average Bonchev–Trinajstić information content (AvgIpc) is 3.24. The predicted molar refractivity (Wildman–Crippen MR) is 97.1 cm³/mol. The molecule has 0 aromatic rings. The van der Waals surface area contributed by atoms with Gasteiger partial charge in [-0.3, -0.25) is 9.59 Å². The van der Waals surface area contributed by atoms with Crippen molar-refractivity contribution in [2.45, 2.75) is 70.8 Å². The van der Waals surface area contributed by atoms with Gasteiger partial charge in [0.15, 0.2) is 5.78 Å². The Morgan fingerprint density at radius 3 is 2.73 bits per heavy atom. The van der Waals surface area contributed by atoms with Gasteiger partial charge in [-0.05, 0) is 62.4 Å². The zero-order valence-electron chi connectivity index (χ0n) is 15.8. The standard InChI is InChI=1S/C23H28O3/c1-21-8-5-14(24)11-13(21)3-4-15-17(21)6-9-22(2)20(15)16-12-18(16)23(22)10-7-19(25)26-23/h6,11,15-16,18,20H,3-5,7-10,12H2,1-2H3/t15?,16-,18+,20?,21+,22+,23+/m1/s1. The van der Waals surface area contributed by atoms with Gasteiger partial charge >= 0.3 is 5.97 Å². The summed E-state index contributed by atoms with van der Waals surface area (Å²) in [6.07, 6.45) is 12.3. The van der Waals surface area contributed by atoms with E-state index in [0.29, 0.717) is 36.4 Å². The first-order chi connectivity index (χ1) is 12.4. The highest BCUT2D eigenvalue weighted by Crippen LogP contribution is 2.78. The number of ketones is 1. The Balaban J connectivity index is 1.45. The van der Waals surface area contributed by atoms with Crippen LogP contribution in [0.5, 0.6) is 0 Å². The van der Waals surface area contributed by atoms with Gasteiger partial charge in [-0.1, -0.05) is 31.1 Å². The van der Waals surface area contributed by atoms with Crippen LogP contribution in [-0.4, -0.2) is 17.4 Å². The van der Waals surface area contributed by atoms with Crippen LogP contribution in [0.3, 0.4) is 0 Å². The summed E-state index contributed by atoms with van der Waals surface area (Å²) >= 11 is 0. The lowest BCUT2D eigenvalue weighted by Crippen LogP contribution is -2.53. The molecule has 138 valence electrons. The molecule has 6 rings (SSSR count). The van der Waals surface area contributed by atoms with Gasteiger partial charge in [0.05, 0.1) is 0 Å². The van der Waals surface area contributed by atoms with Crippen LogP contribution >= 0.6 is 0 Å². The van der Waals surface area contributed by atoms with Crippen LogP contribution in [0, 0.1) is 34.5 Å². The van der Waals surface area contributed by atoms with Crippen molar-refractivity contribution in [3.63, 3.8) is 0 Å². The molecule has 3 saturated carbocycles. The normalized spacial score (nSPS) is 53.9. The van der Waals surface area contributed by atoms with E-state index in [1.54, 1.807) is 5.57 Å². The Labute approximate surface area is 155 Å². The molecule has 1 aliphatic heterocycles. The third-order valence-electron chi connectivity index (χ3n) is 9.46. The fourth-order valence-corrected chi connectivity index (χ4v) is 8.22. The summed E-state index contributed by atoms with van der Waals surface area (Å²) in [5.74, 6) is 2.98. The molecule has 0 bridgehead atoms. The Morgan fingerprint density at radius 1 is 1.12 bits per heavy atom. The van der Waals surface area contributed by atoms with Gasteiger partial charge in [-0.2, -0.15) is 0 Å². The van der Waals surface area contributed by atoms with Gasteiger partial charge in [0, 0.05) is 29.6 Å². The van der Waals surface area contributed by atoms with E-state index in [1.807, 2.05) is 6.08 Å². The number of esters is 1. The van der Waals surface area contributed by atoms with E-state index in [9.17, 15) is 9.59 Å². The topological polar surface area (TPSA) is 43.4 Å². The van der Waals surface area contributed by atoms with Gasteiger partial charge in [0.25, 0.3) is 0 Å². The molecule has 6 aliphatic rings. The molecule has 4 fully saturated rings. The Hall–Kier alpha value is -1.38. The van der Waals surface area contributed by atoms with Crippen molar-refractivity contribution in [3.8, 4) is 0 Å². The van der Waals surface area contributed by atoms with Gasteiger partial charge in [-0.25, -0.2) is 0 Å². The monoisotopic (exact) mass is 352 g/mol. The third-order valence-corrected chi connectivity index (χ3v) is 9.46. The summed E-state index contributed by atoms with van der Waals surface area (Å²) < 4.78 is 6.14. The lowest BCUT2D eigenvalue weighted by atomic mass is 9.49. The van der Waals surface area contributed by atoms with E-state index in [2.05, 4.69) is 19.9 Å². The smallest absolute Gasteiger partial charge is 0.306 e. The van der Waals surface area contributed by atoms with Crippen LogP contribution in [0.4, 0.5) is 0 Å². The minimum Gasteiger partial charge on any atom is -0.458 e. The predicted octanol–water partition coefficient (Wildman–Crippen LogP) is 4.37. The van der Waals surface area contributed by atoms with E-state index >= 15 is 0 Å². The Kier molecular flexibility index (Phi) is 2.73. The van der Waals surface area contributed by atoms with Gasteiger partial charge in [0.1, 0.15) is 5.60 Å². The van der Waals surface area contributed by atoms with Crippen molar-refractivity contribution in [1.82, 2.24) is 0 Å². The van der Waals surface area contributed by atoms with Gasteiger partial charge < -0.3 is 4.74 Å². The van der Waals surface area contributed by atoms with Crippen molar-refractivity contribution in [2.24, 2.45) is 34.5 Å². The van der Waals surface area contributed by atoms with Crippen LogP contribution < -0.4 is 0 Å². The van der Waals surface area contributed by atoms with E-state index in [4.69, 9.17) is 4.74 Å². The molecule has 1 spiro atoms. The summed E-state index contributed by atoms with van der Waals surface area (Å²) in [6.45, 7) is 4.81. The van der Waals surface area contributed by atoms with Crippen LogP contribution in [0.15, 0.2) is 23.3 Å². The highest BCUT2D eigenvalue weighted by Gasteiger charge is 2.78. The first-order valence-electron chi connectivity index (χ1n) is 10.6. The molecule has 0 radical (unpaired) electrons. The molecule has 1 heterocycles. The zero-order valence-corrected chi connectivity index (χ0v) is 15.8. The van der Waals surface area contributed by atoms with Crippen molar-refractivity contribution < 1.29 is 14.3 Å². The van der Waals surface area contributed by atoms with Crippen molar-refractivity contribution in [3.05, 3.63) is 23.3 Å². The summed E-state index contributed by atoms with van der Waals surface area (Å²) in [6, 6.07) is 0. The number of carbonyl (C=O) groups is 2. The maximum Gasteiger partial charge on any atom is 0.306 e. The maximum absolute atomic E-state index is 12.1. The third kappa shape index (κ3) is 1.59. The number of allylic oxidation sites excluding steroid dienone is 4. The quantitative estimate of drug-likeness (QED) is 0.480. The van der Waals surface area contributed by atoms with Crippen LogP contribution in [-0.2, 0) is 14.3 Å². The molecule has 5 aliphatic carbocycles. The van der Waals surface area contributed by atoms with Crippen molar-refractivity contribution in [2.75, 3.05) is 0 Å². The van der Waals surface area contributed by atoms with E-state index in [1.165, 1.54) is 18.4 Å². The second-order valence-electron chi connectivity index (χ2n) is 10.3. The molecule has 0 aromatic carbocycles. The fourth-order valence-electron chi connectivity index (χ4n) is 8.22. The molecule has 0 N–H and O–H groups in total. The Bertz CT molecular complexity index is 806.